The zero-order valence-corrected chi connectivity index (χ0v) is 11.0. The number of aryl methyl sites for hydroxylation is 2. The molecule has 2 aromatic rings. The molecule has 0 fully saturated rings. The maximum atomic E-state index is 11.7. The molecular formula is C13H13N3OS. The van der Waals surface area contributed by atoms with Crippen molar-refractivity contribution >= 4 is 17.2 Å². The van der Waals surface area contributed by atoms with Gasteiger partial charge in [0.25, 0.3) is 0 Å². The maximum absolute atomic E-state index is 11.7. The summed E-state index contributed by atoms with van der Waals surface area (Å²) in [5.74, 6) is 0. The van der Waals surface area contributed by atoms with Crippen LogP contribution in [0, 0.1) is 13.8 Å². The van der Waals surface area contributed by atoms with Gasteiger partial charge in [-0.2, -0.15) is 5.10 Å². The molecule has 5 heteroatoms. The fraction of sp³-hybridized carbons (Fsp3) is 0.154. The molecule has 1 aromatic heterocycles. The molecule has 0 aliphatic carbocycles. The van der Waals surface area contributed by atoms with Crippen molar-refractivity contribution in [2.24, 2.45) is 5.73 Å². The van der Waals surface area contributed by atoms with Crippen LogP contribution in [0.3, 0.4) is 0 Å². The van der Waals surface area contributed by atoms with Gasteiger partial charge in [-0.3, -0.25) is 4.79 Å². The van der Waals surface area contributed by atoms with Gasteiger partial charge in [-0.15, -0.1) is 0 Å². The quantitative estimate of drug-likeness (QED) is 0.830. The number of thiocarbonyl (C=S) groups is 1. The Balaban J connectivity index is 2.73. The average Bonchev–Trinajstić information content (AvgIpc) is 2.30. The number of benzene rings is 1. The van der Waals surface area contributed by atoms with Crippen molar-refractivity contribution in [3.63, 3.8) is 0 Å². The Morgan fingerprint density at radius 3 is 2.61 bits per heavy atom. The molecule has 0 unspecified atom stereocenters. The third-order valence-electron chi connectivity index (χ3n) is 2.68. The van der Waals surface area contributed by atoms with E-state index in [9.17, 15) is 4.79 Å². The molecule has 0 atom stereocenters. The lowest BCUT2D eigenvalue weighted by Crippen LogP contribution is -2.26. The van der Waals surface area contributed by atoms with E-state index in [2.05, 4.69) is 5.10 Å². The van der Waals surface area contributed by atoms with Crippen molar-refractivity contribution in [2.45, 2.75) is 13.8 Å². The number of hydrogen-bond acceptors (Lipinski definition) is 3. The molecule has 2 N–H and O–H groups in total. The second kappa shape index (κ2) is 4.70. The largest absolute Gasteiger partial charge is 0.388 e. The third-order valence-corrected chi connectivity index (χ3v) is 2.88. The Morgan fingerprint density at radius 1 is 1.33 bits per heavy atom. The van der Waals surface area contributed by atoms with Crippen LogP contribution in [0.4, 0.5) is 0 Å². The van der Waals surface area contributed by atoms with Gasteiger partial charge in [0.2, 0.25) is 5.43 Å². The Morgan fingerprint density at radius 2 is 2.00 bits per heavy atom. The van der Waals surface area contributed by atoms with Crippen molar-refractivity contribution in [3.05, 3.63) is 57.5 Å². The molecule has 0 amide bonds. The van der Waals surface area contributed by atoms with Crippen LogP contribution in [0.2, 0.25) is 0 Å². The van der Waals surface area contributed by atoms with Crippen LogP contribution in [-0.2, 0) is 0 Å². The van der Waals surface area contributed by atoms with E-state index in [1.807, 2.05) is 38.1 Å². The Bertz CT molecular complexity index is 676. The van der Waals surface area contributed by atoms with E-state index in [0.29, 0.717) is 0 Å². The zero-order chi connectivity index (χ0) is 13.3. The van der Waals surface area contributed by atoms with E-state index < -0.39 is 0 Å². The topological polar surface area (TPSA) is 60.9 Å². The van der Waals surface area contributed by atoms with Gasteiger partial charge < -0.3 is 5.73 Å². The summed E-state index contributed by atoms with van der Waals surface area (Å²) >= 11 is 4.84. The molecule has 0 spiro atoms. The van der Waals surface area contributed by atoms with E-state index in [0.717, 1.165) is 16.9 Å². The molecule has 0 aliphatic heterocycles. The molecule has 2 rings (SSSR count). The molecule has 0 aliphatic rings. The van der Waals surface area contributed by atoms with Crippen molar-refractivity contribution in [1.29, 1.82) is 0 Å². The smallest absolute Gasteiger partial charge is 0.210 e. The lowest BCUT2D eigenvalue weighted by Gasteiger charge is -2.12. The third kappa shape index (κ3) is 2.17. The summed E-state index contributed by atoms with van der Waals surface area (Å²) in [6.07, 6.45) is 0. The first-order chi connectivity index (χ1) is 8.50. The van der Waals surface area contributed by atoms with Crippen molar-refractivity contribution in [2.75, 3.05) is 0 Å². The van der Waals surface area contributed by atoms with Gasteiger partial charge in [-0.05, 0) is 25.5 Å². The molecule has 92 valence electrons. The second-order valence-corrected chi connectivity index (χ2v) is 4.50. The van der Waals surface area contributed by atoms with E-state index in [1.165, 1.54) is 6.07 Å². The van der Waals surface area contributed by atoms with Crippen LogP contribution in [0.5, 0.6) is 0 Å². The first kappa shape index (κ1) is 12.4. The number of aromatic nitrogens is 2. The summed E-state index contributed by atoms with van der Waals surface area (Å²) < 4.78 is 1.69. The fourth-order valence-corrected chi connectivity index (χ4v) is 1.90. The summed E-state index contributed by atoms with van der Waals surface area (Å²) in [5, 5.41) is 4.24. The minimum Gasteiger partial charge on any atom is -0.388 e. The summed E-state index contributed by atoms with van der Waals surface area (Å²) in [7, 11) is 0. The van der Waals surface area contributed by atoms with Crippen LogP contribution >= 0.6 is 12.2 Å². The number of para-hydroxylation sites is 1. The highest BCUT2D eigenvalue weighted by molar-refractivity contribution is 7.80. The lowest BCUT2D eigenvalue weighted by atomic mass is 10.2. The van der Waals surface area contributed by atoms with Gasteiger partial charge >= 0.3 is 0 Å². The Hall–Kier alpha value is -2.01. The lowest BCUT2D eigenvalue weighted by molar-refractivity contribution is 0.789. The zero-order valence-electron chi connectivity index (χ0n) is 10.2. The molecule has 4 nitrogen and oxygen atoms in total. The number of hydrogen-bond donors (Lipinski definition) is 1. The SMILES string of the molecule is Cc1ccccc1-n1nc(C(N)=S)c(=O)cc1C. The van der Waals surface area contributed by atoms with Crippen molar-refractivity contribution in [1.82, 2.24) is 9.78 Å². The molecule has 0 saturated carbocycles. The van der Waals surface area contributed by atoms with Gasteiger partial charge in [0.15, 0.2) is 5.69 Å². The summed E-state index contributed by atoms with van der Waals surface area (Å²) in [5.41, 5.74) is 8.10. The van der Waals surface area contributed by atoms with Crippen LogP contribution in [0.25, 0.3) is 5.69 Å². The maximum Gasteiger partial charge on any atom is 0.210 e. The van der Waals surface area contributed by atoms with Crippen molar-refractivity contribution in [3.8, 4) is 5.69 Å². The number of nitrogens with two attached hydrogens (primary N) is 1. The van der Waals surface area contributed by atoms with Crippen molar-refractivity contribution < 1.29 is 0 Å². The highest BCUT2D eigenvalue weighted by Crippen LogP contribution is 2.13. The monoisotopic (exact) mass is 259 g/mol. The molecule has 1 aromatic carbocycles. The highest BCUT2D eigenvalue weighted by Gasteiger charge is 2.10. The first-order valence-corrected chi connectivity index (χ1v) is 5.88. The molecule has 18 heavy (non-hydrogen) atoms. The normalized spacial score (nSPS) is 10.3. The second-order valence-electron chi connectivity index (χ2n) is 4.06. The highest BCUT2D eigenvalue weighted by atomic mass is 32.1. The van der Waals surface area contributed by atoms with Crippen LogP contribution in [0.1, 0.15) is 17.0 Å². The summed E-state index contributed by atoms with van der Waals surface area (Å²) in [6.45, 7) is 3.80. The predicted octanol–water partition coefficient (Wildman–Crippen LogP) is 1.48. The van der Waals surface area contributed by atoms with Gasteiger partial charge in [0.1, 0.15) is 4.99 Å². The van der Waals surface area contributed by atoms with E-state index in [4.69, 9.17) is 18.0 Å². The van der Waals surface area contributed by atoms with Gasteiger partial charge in [0, 0.05) is 11.8 Å². The van der Waals surface area contributed by atoms with Gasteiger partial charge in [-0.1, -0.05) is 30.4 Å². The Labute approximate surface area is 110 Å². The van der Waals surface area contributed by atoms with E-state index in [-0.39, 0.29) is 16.1 Å². The minimum atomic E-state index is -0.246. The number of nitrogens with zero attached hydrogens (tertiary/aromatic N) is 2. The molecule has 0 bridgehead atoms. The van der Waals surface area contributed by atoms with E-state index in [1.54, 1.807) is 4.68 Å². The van der Waals surface area contributed by atoms with Gasteiger partial charge in [0.05, 0.1) is 5.69 Å². The summed E-state index contributed by atoms with van der Waals surface area (Å²) in [6, 6.07) is 9.28. The predicted molar refractivity (Wildman–Crippen MR) is 75.2 cm³/mol. The Kier molecular flexibility index (Phi) is 3.25. The van der Waals surface area contributed by atoms with Crippen LogP contribution in [0.15, 0.2) is 35.1 Å². The summed E-state index contributed by atoms with van der Waals surface area (Å²) in [4.78, 5) is 11.7. The minimum absolute atomic E-state index is 0.0161. The van der Waals surface area contributed by atoms with E-state index >= 15 is 0 Å². The standard InChI is InChI=1S/C13H13N3OS/c1-8-5-3-4-6-10(8)16-9(2)7-11(17)12(15-16)13(14)18/h3-7H,1-2H3,(H2,14,18). The first-order valence-electron chi connectivity index (χ1n) is 5.47. The molecule has 0 radical (unpaired) electrons. The molecule has 0 saturated heterocycles. The average molecular weight is 259 g/mol. The number of rotatable bonds is 2. The van der Waals surface area contributed by atoms with Gasteiger partial charge in [-0.25, -0.2) is 4.68 Å². The van der Waals surface area contributed by atoms with Crippen LogP contribution in [-0.4, -0.2) is 14.8 Å². The van der Waals surface area contributed by atoms with Crippen LogP contribution < -0.4 is 11.2 Å². The molecule has 1 heterocycles. The molecular weight excluding hydrogens is 246 g/mol. The fourth-order valence-electron chi connectivity index (χ4n) is 1.76.